The molecule has 1 N–H and O–H groups in total. The van der Waals surface area contributed by atoms with Gasteiger partial charge in [-0.25, -0.2) is 4.79 Å². The van der Waals surface area contributed by atoms with Crippen LogP contribution in [-0.4, -0.2) is 19.6 Å². The third-order valence-electron chi connectivity index (χ3n) is 5.27. The van der Waals surface area contributed by atoms with Gasteiger partial charge in [-0.3, -0.25) is 18.7 Å². The molecule has 2 aromatic carbocycles. The first-order chi connectivity index (χ1) is 14.5. The topological polar surface area (TPSA) is 78.0 Å². The number of para-hydroxylation sites is 1. The number of rotatable bonds is 6. The summed E-state index contributed by atoms with van der Waals surface area (Å²) in [5.41, 5.74) is 1.43. The number of nitrogens with one attached hydrogen (secondary N) is 1. The van der Waals surface area contributed by atoms with Crippen LogP contribution in [0.3, 0.4) is 0 Å². The Labute approximate surface area is 173 Å². The Hall–Kier alpha value is -3.61. The molecule has 0 bridgehead atoms. The first-order valence-corrected chi connectivity index (χ1v) is 10.1. The summed E-state index contributed by atoms with van der Waals surface area (Å²) < 4.78 is 4.69. The fourth-order valence-corrected chi connectivity index (χ4v) is 3.86. The number of nitrogens with zero attached hydrogens (tertiary/aromatic N) is 3. The van der Waals surface area contributed by atoms with Gasteiger partial charge in [0.25, 0.3) is 5.56 Å². The molecule has 0 atom stereocenters. The van der Waals surface area contributed by atoms with E-state index in [4.69, 9.17) is 0 Å². The van der Waals surface area contributed by atoms with Crippen molar-refractivity contribution in [2.24, 2.45) is 0 Å². The number of fused-ring (bicyclic) bond motifs is 2. The molecular formula is C23H24N4O3. The minimum Gasteiger partial charge on any atom is -0.347 e. The van der Waals surface area contributed by atoms with Crippen molar-refractivity contribution in [3.63, 3.8) is 0 Å². The molecule has 0 aliphatic rings. The molecule has 4 rings (SSSR count). The Kier molecular flexibility index (Phi) is 5.27. The number of amides is 1. The van der Waals surface area contributed by atoms with Gasteiger partial charge < -0.3 is 9.88 Å². The van der Waals surface area contributed by atoms with Crippen molar-refractivity contribution in [1.29, 1.82) is 0 Å². The molecule has 2 aromatic heterocycles. The highest BCUT2D eigenvalue weighted by molar-refractivity contribution is 5.94. The van der Waals surface area contributed by atoms with E-state index in [9.17, 15) is 14.4 Å². The summed E-state index contributed by atoms with van der Waals surface area (Å²) in [6.07, 6.45) is 3.09. The maximum atomic E-state index is 12.8. The number of carbonyl (C=O) groups is 1. The quantitative estimate of drug-likeness (QED) is 0.536. The predicted molar refractivity (Wildman–Crippen MR) is 119 cm³/mol. The Bertz CT molecular complexity index is 1360. The van der Waals surface area contributed by atoms with Gasteiger partial charge >= 0.3 is 5.69 Å². The van der Waals surface area contributed by atoms with Crippen LogP contribution in [0, 0.1) is 0 Å². The van der Waals surface area contributed by atoms with Gasteiger partial charge in [0.2, 0.25) is 5.91 Å². The lowest BCUT2D eigenvalue weighted by atomic mass is 10.2. The van der Waals surface area contributed by atoms with Crippen LogP contribution in [0.25, 0.3) is 21.8 Å². The molecule has 0 spiro atoms. The fraction of sp³-hybridized carbons (Fsp3) is 0.261. The standard InChI is InChI=1S/C23H24N4O3/c1-3-12-25-13-11-16-14-17(9-10-19(16)25)24-21(28)15-27-20-8-6-5-7-18(20)22(29)26(4-2)23(27)30/h5-11,13-14H,3-4,12,15H2,1-2H3,(H,24,28). The van der Waals surface area contributed by atoms with Crippen molar-refractivity contribution < 1.29 is 4.79 Å². The zero-order chi connectivity index (χ0) is 21.3. The van der Waals surface area contributed by atoms with E-state index in [0.29, 0.717) is 16.6 Å². The number of anilines is 1. The van der Waals surface area contributed by atoms with Gasteiger partial charge in [-0.2, -0.15) is 0 Å². The van der Waals surface area contributed by atoms with Crippen LogP contribution in [0.4, 0.5) is 5.69 Å². The second-order valence-electron chi connectivity index (χ2n) is 7.27. The van der Waals surface area contributed by atoms with Crippen molar-refractivity contribution in [3.8, 4) is 0 Å². The summed E-state index contributed by atoms with van der Waals surface area (Å²) in [6.45, 7) is 4.89. The van der Waals surface area contributed by atoms with Gasteiger partial charge in [-0.05, 0) is 49.7 Å². The third kappa shape index (κ3) is 3.43. The van der Waals surface area contributed by atoms with Crippen molar-refractivity contribution >= 4 is 33.4 Å². The molecule has 0 aliphatic heterocycles. The normalized spacial score (nSPS) is 11.3. The van der Waals surface area contributed by atoms with E-state index in [1.165, 1.54) is 4.57 Å². The third-order valence-corrected chi connectivity index (χ3v) is 5.27. The van der Waals surface area contributed by atoms with Gasteiger partial charge in [-0.1, -0.05) is 19.1 Å². The zero-order valence-electron chi connectivity index (χ0n) is 17.1. The highest BCUT2D eigenvalue weighted by Crippen LogP contribution is 2.21. The number of aryl methyl sites for hydroxylation is 1. The van der Waals surface area contributed by atoms with E-state index in [0.717, 1.165) is 28.4 Å². The molecule has 1 amide bonds. The molecule has 0 aliphatic carbocycles. The van der Waals surface area contributed by atoms with Gasteiger partial charge in [0, 0.05) is 35.9 Å². The van der Waals surface area contributed by atoms with Crippen LogP contribution in [0.5, 0.6) is 0 Å². The molecule has 7 heteroatoms. The second-order valence-corrected chi connectivity index (χ2v) is 7.27. The molecule has 2 heterocycles. The monoisotopic (exact) mass is 404 g/mol. The SMILES string of the molecule is CCCn1ccc2cc(NC(=O)Cn3c(=O)n(CC)c(=O)c4ccccc43)ccc21. The Morgan fingerprint density at radius 3 is 2.53 bits per heavy atom. The van der Waals surface area contributed by atoms with E-state index in [2.05, 4.69) is 16.8 Å². The Morgan fingerprint density at radius 1 is 0.967 bits per heavy atom. The lowest BCUT2D eigenvalue weighted by Crippen LogP contribution is -2.41. The minimum atomic E-state index is -0.483. The number of hydrogen-bond acceptors (Lipinski definition) is 3. The average Bonchev–Trinajstić information content (AvgIpc) is 3.14. The van der Waals surface area contributed by atoms with Crippen molar-refractivity contribution in [2.45, 2.75) is 39.9 Å². The zero-order valence-corrected chi connectivity index (χ0v) is 17.1. The fourth-order valence-electron chi connectivity index (χ4n) is 3.86. The summed E-state index contributed by atoms with van der Waals surface area (Å²) in [6, 6.07) is 14.7. The van der Waals surface area contributed by atoms with Gasteiger partial charge in [-0.15, -0.1) is 0 Å². The number of carbonyl (C=O) groups excluding carboxylic acids is 1. The second kappa shape index (κ2) is 8.02. The van der Waals surface area contributed by atoms with E-state index < -0.39 is 5.69 Å². The van der Waals surface area contributed by atoms with Gasteiger partial charge in [0.05, 0.1) is 10.9 Å². The molecular weight excluding hydrogens is 380 g/mol. The molecule has 0 unspecified atom stereocenters. The molecule has 154 valence electrons. The summed E-state index contributed by atoms with van der Waals surface area (Å²) in [5.74, 6) is -0.323. The molecule has 0 saturated heterocycles. The minimum absolute atomic E-state index is 0.172. The lowest BCUT2D eigenvalue weighted by Gasteiger charge is -2.13. The van der Waals surface area contributed by atoms with Crippen molar-refractivity contribution in [2.75, 3.05) is 5.32 Å². The smallest absolute Gasteiger partial charge is 0.331 e. The van der Waals surface area contributed by atoms with E-state index in [1.807, 2.05) is 30.5 Å². The molecule has 0 saturated carbocycles. The van der Waals surface area contributed by atoms with Crippen LogP contribution < -0.4 is 16.6 Å². The van der Waals surface area contributed by atoms with Crippen molar-refractivity contribution in [1.82, 2.24) is 13.7 Å². The summed E-state index contributed by atoms with van der Waals surface area (Å²) >= 11 is 0. The number of hydrogen-bond donors (Lipinski definition) is 1. The summed E-state index contributed by atoms with van der Waals surface area (Å²) in [7, 11) is 0. The molecule has 0 fully saturated rings. The summed E-state index contributed by atoms with van der Waals surface area (Å²) in [5, 5.41) is 4.34. The summed E-state index contributed by atoms with van der Waals surface area (Å²) in [4.78, 5) is 38.1. The van der Waals surface area contributed by atoms with Crippen LogP contribution in [0.2, 0.25) is 0 Å². The maximum absolute atomic E-state index is 12.8. The van der Waals surface area contributed by atoms with E-state index >= 15 is 0 Å². The molecule has 30 heavy (non-hydrogen) atoms. The lowest BCUT2D eigenvalue weighted by molar-refractivity contribution is -0.116. The van der Waals surface area contributed by atoms with Crippen LogP contribution >= 0.6 is 0 Å². The first kappa shape index (κ1) is 19.7. The molecule has 4 aromatic rings. The van der Waals surface area contributed by atoms with Crippen LogP contribution in [0.15, 0.2) is 64.3 Å². The number of aromatic nitrogens is 3. The van der Waals surface area contributed by atoms with E-state index in [-0.39, 0.29) is 24.6 Å². The van der Waals surface area contributed by atoms with Crippen LogP contribution in [0.1, 0.15) is 20.3 Å². The van der Waals surface area contributed by atoms with E-state index in [1.54, 1.807) is 31.2 Å². The van der Waals surface area contributed by atoms with Gasteiger partial charge in [0.15, 0.2) is 0 Å². The molecule has 7 nitrogen and oxygen atoms in total. The van der Waals surface area contributed by atoms with Crippen molar-refractivity contribution in [3.05, 3.63) is 75.6 Å². The maximum Gasteiger partial charge on any atom is 0.331 e. The van der Waals surface area contributed by atoms with Crippen LogP contribution in [-0.2, 0) is 24.4 Å². The Balaban J connectivity index is 1.65. The number of benzene rings is 2. The highest BCUT2D eigenvalue weighted by Gasteiger charge is 2.14. The molecule has 0 radical (unpaired) electrons. The highest BCUT2D eigenvalue weighted by atomic mass is 16.2. The predicted octanol–water partition coefficient (Wildman–Crippen LogP) is 3.19. The largest absolute Gasteiger partial charge is 0.347 e. The Morgan fingerprint density at radius 2 is 1.77 bits per heavy atom. The van der Waals surface area contributed by atoms with Gasteiger partial charge in [0.1, 0.15) is 6.54 Å². The average molecular weight is 404 g/mol. The first-order valence-electron chi connectivity index (χ1n) is 10.1.